The highest BCUT2D eigenvalue weighted by Crippen LogP contribution is 2.35. The molecule has 0 saturated carbocycles. The predicted octanol–water partition coefficient (Wildman–Crippen LogP) is 5.29. The molecule has 22 heavy (non-hydrogen) atoms. The second-order valence-corrected chi connectivity index (χ2v) is 6.03. The zero-order valence-corrected chi connectivity index (χ0v) is 14.9. The SMILES string of the molecule is C=CCNC(=O)c1c(NC(CC)(CC)CC)ccc(Cl)c1Cl. The van der Waals surface area contributed by atoms with Gasteiger partial charge in [-0.25, -0.2) is 0 Å². The molecule has 0 aliphatic heterocycles. The summed E-state index contributed by atoms with van der Waals surface area (Å²) in [6.07, 6.45) is 4.48. The van der Waals surface area contributed by atoms with E-state index >= 15 is 0 Å². The maximum atomic E-state index is 12.4. The van der Waals surface area contributed by atoms with Gasteiger partial charge in [0.1, 0.15) is 0 Å². The van der Waals surface area contributed by atoms with E-state index in [1.54, 1.807) is 12.1 Å². The molecule has 1 rings (SSSR count). The Bertz CT molecular complexity index is 531. The van der Waals surface area contributed by atoms with E-state index in [-0.39, 0.29) is 16.5 Å². The monoisotopic (exact) mass is 342 g/mol. The van der Waals surface area contributed by atoms with E-state index in [4.69, 9.17) is 23.2 Å². The van der Waals surface area contributed by atoms with Crippen LogP contribution in [0.5, 0.6) is 0 Å². The summed E-state index contributed by atoms with van der Waals surface area (Å²) >= 11 is 12.3. The summed E-state index contributed by atoms with van der Waals surface area (Å²) in [6, 6.07) is 3.52. The first-order valence-corrected chi connectivity index (χ1v) is 8.35. The van der Waals surface area contributed by atoms with Crippen LogP contribution in [0.3, 0.4) is 0 Å². The Balaban J connectivity index is 3.27. The van der Waals surface area contributed by atoms with Gasteiger partial charge in [-0.1, -0.05) is 50.0 Å². The molecule has 1 aromatic carbocycles. The number of anilines is 1. The third-order valence-corrected chi connectivity index (χ3v) is 4.96. The van der Waals surface area contributed by atoms with E-state index in [2.05, 4.69) is 38.0 Å². The van der Waals surface area contributed by atoms with Crippen molar-refractivity contribution in [3.63, 3.8) is 0 Å². The predicted molar refractivity (Wildman–Crippen MR) is 96.2 cm³/mol. The zero-order valence-electron chi connectivity index (χ0n) is 13.4. The van der Waals surface area contributed by atoms with Gasteiger partial charge in [-0.3, -0.25) is 4.79 Å². The van der Waals surface area contributed by atoms with Gasteiger partial charge in [-0.05, 0) is 31.4 Å². The van der Waals surface area contributed by atoms with Crippen molar-refractivity contribution in [2.45, 2.75) is 45.6 Å². The quantitative estimate of drug-likeness (QED) is 0.630. The van der Waals surface area contributed by atoms with Crippen molar-refractivity contribution >= 4 is 34.8 Å². The van der Waals surface area contributed by atoms with Crippen molar-refractivity contribution in [1.29, 1.82) is 0 Å². The van der Waals surface area contributed by atoms with Crippen LogP contribution >= 0.6 is 23.2 Å². The molecule has 1 aromatic rings. The second-order valence-electron chi connectivity index (χ2n) is 5.25. The lowest BCUT2D eigenvalue weighted by Crippen LogP contribution is -2.37. The topological polar surface area (TPSA) is 41.1 Å². The van der Waals surface area contributed by atoms with E-state index in [0.717, 1.165) is 19.3 Å². The van der Waals surface area contributed by atoms with Crippen LogP contribution in [-0.4, -0.2) is 18.0 Å². The van der Waals surface area contributed by atoms with Gasteiger partial charge in [-0.2, -0.15) is 0 Å². The number of amides is 1. The third kappa shape index (κ3) is 4.17. The van der Waals surface area contributed by atoms with Crippen molar-refractivity contribution in [2.75, 3.05) is 11.9 Å². The normalized spacial score (nSPS) is 11.1. The number of carbonyl (C=O) groups excluding carboxylic acids is 1. The molecule has 122 valence electrons. The van der Waals surface area contributed by atoms with Crippen LogP contribution in [0.2, 0.25) is 10.0 Å². The molecule has 0 aliphatic rings. The molecule has 0 heterocycles. The van der Waals surface area contributed by atoms with Crippen LogP contribution in [-0.2, 0) is 0 Å². The lowest BCUT2D eigenvalue weighted by Gasteiger charge is -2.34. The summed E-state index contributed by atoms with van der Waals surface area (Å²) in [5.41, 5.74) is 1.03. The van der Waals surface area contributed by atoms with E-state index < -0.39 is 0 Å². The fourth-order valence-corrected chi connectivity index (χ4v) is 2.84. The van der Waals surface area contributed by atoms with Gasteiger partial charge in [0, 0.05) is 17.8 Å². The van der Waals surface area contributed by atoms with Crippen LogP contribution in [0.1, 0.15) is 50.4 Å². The fourth-order valence-electron chi connectivity index (χ4n) is 2.43. The average Bonchev–Trinajstić information content (AvgIpc) is 2.54. The Labute approximate surface area is 143 Å². The zero-order chi connectivity index (χ0) is 16.8. The lowest BCUT2D eigenvalue weighted by molar-refractivity contribution is 0.0959. The number of hydrogen-bond donors (Lipinski definition) is 2. The maximum Gasteiger partial charge on any atom is 0.255 e. The number of hydrogen-bond acceptors (Lipinski definition) is 2. The van der Waals surface area contributed by atoms with Crippen LogP contribution in [0.4, 0.5) is 5.69 Å². The molecular formula is C17H24Cl2N2O. The minimum Gasteiger partial charge on any atom is -0.379 e. The number of nitrogens with one attached hydrogen (secondary N) is 2. The maximum absolute atomic E-state index is 12.4. The highest BCUT2D eigenvalue weighted by Gasteiger charge is 2.27. The largest absolute Gasteiger partial charge is 0.379 e. The first kappa shape index (κ1) is 18.9. The molecule has 5 heteroatoms. The van der Waals surface area contributed by atoms with Gasteiger partial charge >= 0.3 is 0 Å². The van der Waals surface area contributed by atoms with Crippen molar-refractivity contribution in [3.8, 4) is 0 Å². The minimum atomic E-state index is -0.257. The molecule has 0 aliphatic carbocycles. The molecule has 0 bridgehead atoms. The molecule has 0 fully saturated rings. The molecule has 0 saturated heterocycles. The minimum absolute atomic E-state index is 0.0649. The van der Waals surface area contributed by atoms with E-state index in [1.165, 1.54) is 0 Å². The number of rotatable bonds is 8. The van der Waals surface area contributed by atoms with Crippen LogP contribution in [0, 0.1) is 0 Å². The Kier molecular flexibility index (Phi) is 7.24. The number of benzene rings is 1. The van der Waals surface area contributed by atoms with Crippen LogP contribution < -0.4 is 10.6 Å². The molecule has 0 radical (unpaired) electrons. The Hall–Kier alpha value is -1.19. The molecule has 1 amide bonds. The molecule has 0 atom stereocenters. The highest BCUT2D eigenvalue weighted by atomic mass is 35.5. The van der Waals surface area contributed by atoms with Gasteiger partial charge in [0.05, 0.1) is 15.6 Å². The van der Waals surface area contributed by atoms with Crippen LogP contribution in [0.25, 0.3) is 0 Å². The van der Waals surface area contributed by atoms with Crippen molar-refractivity contribution in [3.05, 3.63) is 40.4 Å². The first-order valence-electron chi connectivity index (χ1n) is 7.59. The van der Waals surface area contributed by atoms with Gasteiger partial charge < -0.3 is 10.6 Å². The fraction of sp³-hybridized carbons (Fsp3) is 0.471. The van der Waals surface area contributed by atoms with Gasteiger partial charge in [0.15, 0.2) is 0 Å². The highest BCUT2D eigenvalue weighted by molar-refractivity contribution is 6.44. The van der Waals surface area contributed by atoms with Gasteiger partial charge in [-0.15, -0.1) is 6.58 Å². The van der Waals surface area contributed by atoms with E-state index in [9.17, 15) is 4.79 Å². The Morgan fingerprint density at radius 2 is 1.82 bits per heavy atom. The van der Waals surface area contributed by atoms with Crippen molar-refractivity contribution in [2.24, 2.45) is 0 Å². The second kappa shape index (κ2) is 8.44. The lowest BCUT2D eigenvalue weighted by atomic mass is 9.89. The molecule has 3 nitrogen and oxygen atoms in total. The summed E-state index contributed by atoms with van der Waals surface area (Å²) < 4.78 is 0. The van der Waals surface area contributed by atoms with E-state index in [0.29, 0.717) is 22.8 Å². The Morgan fingerprint density at radius 3 is 2.32 bits per heavy atom. The summed E-state index contributed by atoms with van der Waals surface area (Å²) in [7, 11) is 0. The number of halogens is 2. The Morgan fingerprint density at radius 1 is 1.23 bits per heavy atom. The molecule has 0 spiro atoms. The average molecular weight is 343 g/mol. The van der Waals surface area contributed by atoms with Crippen molar-refractivity contribution in [1.82, 2.24) is 5.32 Å². The molecule has 0 unspecified atom stereocenters. The van der Waals surface area contributed by atoms with Crippen molar-refractivity contribution < 1.29 is 4.79 Å². The molecular weight excluding hydrogens is 319 g/mol. The van der Waals surface area contributed by atoms with Crippen LogP contribution in [0.15, 0.2) is 24.8 Å². The summed E-state index contributed by atoms with van der Waals surface area (Å²) in [4.78, 5) is 12.4. The summed E-state index contributed by atoms with van der Waals surface area (Å²) in [5.74, 6) is -0.257. The summed E-state index contributed by atoms with van der Waals surface area (Å²) in [6.45, 7) is 10.4. The standard InChI is InChI=1S/C17H24Cl2N2O/c1-5-11-20-16(22)14-13(10-9-12(18)15(14)19)21-17(6-2,7-3)8-4/h5,9-10,21H,1,6-8,11H2,2-4H3,(H,20,22). The first-order chi connectivity index (χ1) is 10.4. The van der Waals surface area contributed by atoms with Gasteiger partial charge in [0.25, 0.3) is 5.91 Å². The smallest absolute Gasteiger partial charge is 0.255 e. The molecule has 2 N–H and O–H groups in total. The third-order valence-electron chi connectivity index (χ3n) is 4.16. The number of carbonyl (C=O) groups is 1. The summed E-state index contributed by atoms with van der Waals surface area (Å²) in [5, 5.41) is 6.90. The molecule has 0 aromatic heterocycles. The van der Waals surface area contributed by atoms with Gasteiger partial charge in [0.2, 0.25) is 0 Å². The van der Waals surface area contributed by atoms with E-state index in [1.807, 2.05) is 6.07 Å².